The zero-order chi connectivity index (χ0) is 14.9. The molecule has 1 saturated heterocycles. The third-order valence-corrected chi connectivity index (χ3v) is 5.46. The second kappa shape index (κ2) is 6.09. The van der Waals surface area contributed by atoms with Crippen LogP contribution in [0.1, 0.15) is 37.3 Å². The number of carbonyl (C=O) groups is 1. The number of hydrogen-bond acceptors (Lipinski definition) is 3. The normalized spacial score (nSPS) is 19.9. The fourth-order valence-electron chi connectivity index (χ4n) is 3.57. The van der Waals surface area contributed by atoms with Gasteiger partial charge < -0.3 is 10.1 Å². The first-order chi connectivity index (χ1) is 10.1. The number of benzene rings is 1. The molecule has 1 aromatic carbocycles. The number of fused-ring (bicyclic) bond motifs is 1. The molecule has 0 spiro atoms. The largest absolute Gasteiger partial charge is 0.493 e. The zero-order valence-corrected chi connectivity index (χ0v) is 14.1. The van der Waals surface area contributed by atoms with E-state index >= 15 is 0 Å². The summed E-state index contributed by atoms with van der Waals surface area (Å²) >= 11 is 3.56. The van der Waals surface area contributed by atoms with Gasteiger partial charge in [-0.1, -0.05) is 22.9 Å². The average Bonchev–Trinajstić information content (AvgIpc) is 2.96. The van der Waals surface area contributed by atoms with Crippen LogP contribution in [0.5, 0.6) is 5.75 Å². The fraction of sp³-hybridized carbons (Fsp3) is 0.588. The van der Waals surface area contributed by atoms with Gasteiger partial charge in [0, 0.05) is 28.3 Å². The summed E-state index contributed by atoms with van der Waals surface area (Å²) < 4.78 is 6.80. The maximum absolute atomic E-state index is 12.9. The number of Topliss-reactive ketones (excluding diaryl/α,β-unsaturated/α-hetero) is 1. The third-order valence-electron chi connectivity index (χ3n) is 5.01. The van der Waals surface area contributed by atoms with Crippen molar-refractivity contribution >= 4 is 21.7 Å². The van der Waals surface area contributed by atoms with E-state index in [1.165, 1.54) is 5.56 Å². The molecule has 2 heterocycles. The number of hydrogen-bond donors (Lipinski definition) is 1. The summed E-state index contributed by atoms with van der Waals surface area (Å²) in [4.78, 5) is 12.9. The van der Waals surface area contributed by atoms with Crippen molar-refractivity contribution in [1.82, 2.24) is 5.32 Å². The third kappa shape index (κ3) is 2.88. The molecule has 21 heavy (non-hydrogen) atoms. The Hall–Kier alpha value is -0.870. The molecular weight excluding hydrogens is 330 g/mol. The van der Waals surface area contributed by atoms with Gasteiger partial charge in [-0.25, -0.2) is 0 Å². The van der Waals surface area contributed by atoms with E-state index in [9.17, 15) is 4.79 Å². The van der Waals surface area contributed by atoms with Gasteiger partial charge in [0.1, 0.15) is 11.5 Å². The molecule has 1 N–H and O–H groups in total. The molecule has 3 rings (SSSR count). The van der Waals surface area contributed by atoms with E-state index in [1.807, 2.05) is 6.07 Å². The summed E-state index contributed by atoms with van der Waals surface area (Å²) in [6, 6.07) is 4.16. The van der Waals surface area contributed by atoms with Gasteiger partial charge in [-0.2, -0.15) is 0 Å². The lowest BCUT2D eigenvalue weighted by atomic mass is 9.71. The fourth-order valence-corrected chi connectivity index (χ4v) is 4.13. The van der Waals surface area contributed by atoms with Crippen LogP contribution < -0.4 is 10.1 Å². The summed E-state index contributed by atoms with van der Waals surface area (Å²) in [6.45, 7) is 4.78. The van der Waals surface area contributed by atoms with E-state index in [2.05, 4.69) is 34.2 Å². The van der Waals surface area contributed by atoms with Crippen molar-refractivity contribution in [3.8, 4) is 5.75 Å². The lowest BCUT2D eigenvalue weighted by Gasteiger charge is -2.35. The Morgan fingerprint density at radius 3 is 2.86 bits per heavy atom. The average molecular weight is 352 g/mol. The van der Waals surface area contributed by atoms with E-state index in [-0.39, 0.29) is 5.41 Å². The second-order valence-electron chi connectivity index (χ2n) is 6.14. The van der Waals surface area contributed by atoms with Crippen LogP contribution in [-0.2, 0) is 17.6 Å². The molecule has 2 aliphatic heterocycles. The maximum Gasteiger partial charge on any atom is 0.143 e. The Kier molecular flexibility index (Phi) is 4.36. The molecule has 3 nitrogen and oxygen atoms in total. The highest BCUT2D eigenvalue weighted by molar-refractivity contribution is 9.10. The first kappa shape index (κ1) is 15.0. The highest BCUT2D eigenvalue weighted by Gasteiger charge is 2.37. The van der Waals surface area contributed by atoms with Gasteiger partial charge >= 0.3 is 0 Å². The summed E-state index contributed by atoms with van der Waals surface area (Å²) in [5, 5.41) is 3.36. The Balaban J connectivity index is 1.84. The highest BCUT2D eigenvalue weighted by Crippen LogP contribution is 2.38. The molecule has 0 amide bonds. The van der Waals surface area contributed by atoms with E-state index in [4.69, 9.17) is 4.74 Å². The number of ketones is 1. The Morgan fingerprint density at radius 1 is 1.38 bits per heavy atom. The number of rotatable bonds is 4. The van der Waals surface area contributed by atoms with E-state index in [1.54, 1.807) is 0 Å². The van der Waals surface area contributed by atoms with Gasteiger partial charge in [-0.3, -0.25) is 4.79 Å². The van der Waals surface area contributed by atoms with Gasteiger partial charge in [0.15, 0.2) is 0 Å². The smallest absolute Gasteiger partial charge is 0.143 e. The van der Waals surface area contributed by atoms with Gasteiger partial charge in [-0.05, 0) is 50.0 Å². The Morgan fingerprint density at radius 2 is 2.14 bits per heavy atom. The van der Waals surface area contributed by atoms with Crippen LogP contribution in [0.15, 0.2) is 16.6 Å². The van der Waals surface area contributed by atoms with Crippen molar-refractivity contribution in [3.05, 3.63) is 27.7 Å². The first-order valence-electron chi connectivity index (χ1n) is 7.83. The lowest BCUT2D eigenvalue weighted by Crippen LogP contribution is -2.42. The van der Waals surface area contributed by atoms with Gasteiger partial charge in [0.05, 0.1) is 6.61 Å². The van der Waals surface area contributed by atoms with Crippen molar-refractivity contribution in [3.63, 3.8) is 0 Å². The topological polar surface area (TPSA) is 38.3 Å². The molecule has 0 aliphatic carbocycles. The van der Waals surface area contributed by atoms with Gasteiger partial charge in [-0.15, -0.1) is 0 Å². The van der Waals surface area contributed by atoms with Crippen molar-refractivity contribution in [1.29, 1.82) is 0 Å². The summed E-state index contributed by atoms with van der Waals surface area (Å²) in [5.74, 6) is 1.33. The van der Waals surface area contributed by atoms with Crippen molar-refractivity contribution in [2.75, 3.05) is 19.7 Å². The molecule has 0 atom stereocenters. The molecule has 1 fully saturated rings. The van der Waals surface area contributed by atoms with Crippen molar-refractivity contribution in [2.24, 2.45) is 5.41 Å². The van der Waals surface area contributed by atoms with Crippen LogP contribution in [0.2, 0.25) is 0 Å². The maximum atomic E-state index is 12.9. The number of piperidine rings is 1. The standard InChI is InChI=1S/C17H22BrNO2/c1-2-17(4-6-19-7-5-17)15(20)11-13-10-14(18)9-12-3-8-21-16(12)13/h9-10,19H,2-8,11H2,1H3. The van der Waals surface area contributed by atoms with Crippen LogP contribution in [0.25, 0.3) is 0 Å². The van der Waals surface area contributed by atoms with Crippen molar-refractivity contribution < 1.29 is 9.53 Å². The minimum Gasteiger partial charge on any atom is -0.493 e. The monoisotopic (exact) mass is 351 g/mol. The van der Waals surface area contributed by atoms with Crippen LogP contribution in [-0.4, -0.2) is 25.5 Å². The van der Waals surface area contributed by atoms with E-state index < -0.39 is 0 Å². The van der Waals surface area contributed by atoms with Crippen molar-refractivity contribution in [2.45, 2.75) is 39.0 Å². The van der Waals surface area contributed by atoms with Crippen LogP contribution in [0.3, 0.4) is 0 Å². The lowest BCUT2D eigenvalue weighted by molar-refractivity contribution is -0.129. The van der Waals surface area contributed by atoms with Gasteiger partial charge in [0.25, 0.3) is 0 Å². The molecule has 0 unspecified atom stereocenters. The van der Waals surface area contributed by atoms with Gasteiger partial charge in [0.2, 0.25) is 0 Å². The minimum atomic E-state index is -0.140. The quantitative estimate of drug-likeness (QED) is 0.904. The highest BCUT2D eigenvalue weighted by atomic mass is 79.9. The minimum absolute atomic E-state index is 0.140. The molecular formula is C17H22BrNO2. The molecule has 2 aliphatic rings. The van der Waals surface area contributed by atoms with E-state index in [0.717, 1.165) is 61.2 Å². The number of ether oxygens (including phenoxy) is 1. The summed E-state index contributed by atoms with van der Waals surface area (Å²) in [6.07, 6.45) is 4.29. The molecule has 0 saturated carbocycles. The predicted octanol–water partition coefficient (Wildman–Crippen LogP) is 3.28. The second-order valence-corrected chi connectivity index (χ2v) is 7.05. The molecule has 1 aromatic rings. The number of nitrogens with one attached hydrogen (secondary N) is 1. The van der Waals surface area contributed by atoms with Crippen LogP contribution in [0, 0.1) is 5.41 Å². The molecule has 4 heteroatoms. The van der Waals surface area contributed by atoms with E-state index in [0.29, 0.717) is 12.2 Å². The Labute approximate surface area is 134 Å². The van der Waals surface area contributed by atoms with Crippen LogP contribution >= 0.6 is 15.9 Å². The zero-order valence-electron chi connectivity index (χ0n) is 12.5. The number of halogens is 1. The summed E-state index contributed by atoms with van der Waals surface area (Å²) in [5.41, 5.74) is 2.13. The SMILES string of the molecule is CCC1(C(=O)Cc2cc(Br)cc3c2OCC3)CCNCC1. The van der Waals surface area contributed by atoms with Crippen LogP contribution in [0.4, 0.5) is 0 Å². The first-order valence-corrected chi connectivity index (χ1v) is 8.62. The molecule has 0 bridgehead atoms. The molecule has 0 aromatic heterocycles. The number of carbonyl (C=O) groups excluding carboxylic acids is 1. The Bertz CT molecular complexity index is 550. The molecule has 114 valence electrons. The summed E-state index contributed by atoms with van der Waals surface area (Å²) in [7, 11) is 0. The molecule has 0 radical (unpaired) electrons. The predicted molar refractivity (Wildman–Crippen MR) is 86.9 cm³/mol.